The van der Waals surface area contributed by atoms with Crippen molar-refractivity contribution in [3.63, 3.8) is 0 Å². The van der Waals surface area contributed by atoms with Crippen molar-refractivity contribution in [3.8, 4) is 0 Å². The number of hydrogen-bond acceptors (Lipinski definition) is 3. The Morgan fingerprint density at radius 3 is 2.83 bits per heavy atom. The van der Waals surface area contributed by atoms with Crippen LogP contribution in [0, 0.1) is 12.8 Å². The Morgan fingerprint density at radius 2 is 2.22 bits per heavy atom. The Hall–Kier alpha value is -0.800. The maximum absolute atomic E-state index is 5.83. The summed E-state index contributed by atoms with van der Waals surface area (Å²) in [7, 11) is 2.19. The Morgan fingerprint density at radius 1 is 1.44 bits per heavy atom. The number of furan rings is 1. The Balaban J connectivity index is 1.84. The smallest absolute Gasteiger partial charge is 0.118 e. The topological polar surface area (TPSA) is 28.4 Å². The lowest BCUT2D eigenvalue weighted by Gasteiger charge is -2.29. The first kappa shape index (κ1) is 13.6. The van der Waals surface area contributed by atoms with E-state index in [4.69, 9.17) is 4.42 Å². The number of aryl methyl sites for hydroxylation is 1. The van der Waals surface area contributed by atoms with E-state index >= 15 is 0 Å². The molecule has 0 spiro atoms. The molecule has 1 aromatic rings. The number of nitrogens with one attached hydrogen (secondary N) is 1. The molecule has 0 saturated heterocycles. The van der Waals surface area contributed by atoms with Gasteiger partial charge in [0, 0.05) is 18.7 Å². The van der Waals surface area contributed by atoms with Crippen LogP contribution in [0.2, 0.25) is 0 Å². The van der Waals surface area contributed by atoms with Crippen molar-refractivity contribution in [3.05, 3.63) is 23.2 Å². The molecule has 102 valence electrons. The summed E-state index contributed by atoms with van der Waals surface area (Å²) >= 11 is 0. The molecular weight excluding hydrogens is 224 g/mol. The third-order valence-corrected chi connectivity index (χ3v) is 3.86. The normalized spacial score (nSPS) is 16.2. The van der Waals surface area contributed by atoms with Crippen LogP contribution in [0.4, 0.5) is 0 Å². The van der Waals surface area contributed by atoms with Crippen LogP contribution in [0.1, 0.15) is 43.3 Å². The maximum Gasteiger partial charge on any atom is 0.118 e. The van der Waals surface area contributed by atoms with Gasteiger partial charge in [-0.25, -0.2) is 0 Å². The molecule has 1 aromatic heterocycles. The summed E-state index contributed by atoms with van der Waals surface area (Å²) in [6.07, 6.45) is 4.24. The van der Waals surface area contributed by atoms with Crippen LogP contribution < -0.4 is 5.32 Å². The minimum atomic E-state index is 0.915. The third kappa shape index (κ3) is 3.59. The van der Waals surface area contributed by atoms with E-state index in [9.17, 15) is 0 Å². The summed E-state index contributed by atoms with van der Waals surface area (Å²) in [4.78, 5) is 2.39. The predicted molar refractivity (Wildman–Crippen MR) is 74.5 cm³/mol. The lowest BCUT2D eigenvalue weighted by atomic mass is 9.85. The van der Waals surface area contributed by atoms with Gasteiger partial charge in [-0.05, 0) is 45.3 Å². The summed E-state index contributed by atoms with van der Waals surface area (Å²) < 4.78 is 5.83. The number of rotatable bonds is 7. The van der Waals surface area contributed by atoms with Gasteiger partial charge in [0.15, 0.2) is 0 Å². The zero-order chi connectivity index (χ0) is 13.0. The van der Waals surface area contributed by atoms with E-state index in [1.54, 1.807) is 0 Å². The summed E-state index contributed by atoms with van der Waals surface area (Å²) in [5.74, 6) is 3.08. The molecule has 1 aliphatic carbocycles. The van der Waals surface area contributed by atoms with Gasteiger partial charge >= 0.3 is 0 Å². The first-order chi connectivity index (χ1) is 8.69. The molecule has 1 aliphatic rings. The molecule has 3 heteroatoms. The molecule has 1 saturated carbocycles. The zero-order valence-corrected chi connectivity index (χ0v) is 12.0. The molecule has 2 rings (SSSR count). The van der Waals surface area contributed by atoms with Gasteiger partial charge in [-0.2, -0.15) is 0 Å². The van der Waals surface area contributed by atoms with Crippen molar-refractivity contribution in [2.24, 2.45) is 5.92 Å². The first-order valence-electron chi connectivity index (χ1n) is 7.16. The van der Waals surface area contributed by atoms with Crippen LogP contribution in [0.25, 0.3) is 0 Å². The molecular formula is C15H26N2O. The zero-order valence-electron chi connectivity index (χ0n) is 12.0. The maximum atomic E-state index is 5.83. The summed E-state index contributed by atoms with van der Waals surface area (Å²) in [5, 5.41) is 3.35. The van der Waals surface area contributed by atoms with Crippen molar-refractivity contribution in [2.75, 3.05) is 20.1 Å². The van der Waals surface area contributed by atoms with Gasteiger partial charge in [-0.3, -0.25) is 4.90 Å². The molecule has 1 fully saturated rings. The molecule has 0 radical (unpaired) electrons. The van der Waals surface area contributed by atoms with E-state index in [1.807, 2.05) is 0 Å². The molecule has 0 atom stereocenters. The van der Waals surface area contributed by atoms with Crippen LogP contribution in [0.5, 0.6) is 0 Å². The Kier molecular flexibility index (Phi) is 4.84. The highest BCUT2D eigenvalue weighted by molar-refractivity contribution is 5.20. The van der Waals surface area contributed by atoms with Gasteiger partial charge in [0.1, 0.15) is 11.5 Å². The molecule has 3 nitrogen and oxygen atoms in total. The molecule has 0 unspecified atom stereocenters. The highest BCUT2D eigenvalue weighted by atomic mass is 16.3. The van der Waals surface area contributed by atoms with E-state index in [0.29, 0.717) is 0 Å². The largest absolute Gasteiger partial charge is 0.465 e. The monoisotopic (exact) mass is 250 g/mol. The van der Waals surface area contributed by atoms with Gasteiger partial charge in [0.2, 0.25) is 0 Å². The van der Waals surface area contributed by atoms with Gasteiger partial charge in [0.05, 0.1) is 6.54 Å². The van der Waals surface area contributed by atoms with Crippen molar-refractivity contribution >= 4 is 0 Å². The van der Waals surface area contributed by atoms with Crippen molar-refractivity contribution in [1.82, 2.24) is 10.2 Å². The van der Waals surface area contributed by atoms with Crippen molar-refractivity contribution in [1.29, 1.82) is 0 Å². The van der Waals surface area contributed by atoms with E-state index in [2.05, 4.69) is 37.2 Å². The van der Waals surface area contributed by atoms with Crippen LogP contribution >= 0.6 is 0 Å². The summed E-state index contributed by atoms with van der Waals surface area (Å²) in [5.41, 5.74) is 1.30. The molecule has 0 bridgehead atoms. The third-order valence-electron chi connectivity index (χ3n) is 3.86. The van der Waals surface area contributed by atoms with E-state index in [0.717, 1.165) is 37.1 Å². The van der Waals surface area contributed by atoms with Crippen LogP contribution in [-0.2, 0) is 13.1 Å². The van der Waals surface area contributed by atoms with Crippen molar-refractivity contribution < 1.29 is 4.42 Å². The Labute approximate surface area is 111 Å². The van der Waals surface area contributed by atoms with Crippen LogP contribution in [0.15, 0.2) is 10.5 Å². The second-order valence-electron chi connectivity index (χ2n) is 5.57. The fraction of sp³-hybridized carbons (Fsp3) is 0.733. The van der Waals surface area contributed by atoms with Gasteiger partial charge in [0.25, 0.3) is 0 Å². The molecule has 0 amide bonds. The quantitative estimate of drug-likeness (QED) is 0.806. The highest BCUT2D eigenvalue weighted by Crippen LogP contribution is 2.27. The molecule has 0 aliphatic heterocycles. The van der Waals surface area contributed by atoms with Crippen molar-refractivity contribution in [2.45, 2.75) is 46.2 Å². The number of nitrogens with zero attached hydrogens (tertiary/aromatic N) is 1. The average Bonchev–Trinajstić information content (AvgIpc) is 2.61. The Bertz CT molecular complexity index is 369. The van der Waals surface area contributed by atoms with Crippen LogP contribution in [0.3, 0.4) is 0 Å². The average molecular weight is 250 g/mol. The second-order valence-corrected chi connectivity index (χ2v) is 5.57. The van der Waals surface area contributed by atoms with Gasteiger partial charge in [-0.1, -0.05) is 13.3 Å². The van der Waals surface area contributed by atoms with E-state index in [1.165, 1.54) is 31.4 Å². The first-order valence-corrected chi connectivity index (χ1v) is 7.16. The molecule has 18 heavy (non-hydrogen) atoms. The standard InChI is InChI=1S/C15H26N2O/c1-4-16-9-14-8-15(18-12(14)2)11-17(3)10-13-6-5-7-13/h8,13,16H,4-7,9-11H2,1-3H3. The van der Waals surface area contributed by atoms with E-state index in [-0.39, 0.29) is 0 Å². The lowest BCUT2D eigenvalue weighted by molar-refractivity contribution is 0.190. The minimum absolute atomic E-state index is 0.915. The number of hydrogen-bond donors (Lipinski definition) is 1. The molecule has 0 aromatic carbocycles. The SMILES string of the molecule is CCNCc1cc(CN(C)CC2CCC2)oc1C. The fourth-order valence-electron chi connectivity index (χ4n) is 2.55. The van der Waals surface area contributed by atoms with Crippen LogP contribution in [-0.4, -0.2) is 25.0 Å². The second kappa shape index (κ2) is 6.39. The lowest BCUT2D eigenvalue weighted by Crippen LogP contribution is -2.28. The molecule has 1 heterocycles. The summed E-state index contributed by atoms with van der Waals surface area (Å²) in [6, 6.07) is 2.20. The molecule has 1 N–H and O–H groups in total. The van der Waals surface area contributed by atoms with E-state index < -0.39 is 0 Å². The highest BCUT2D eigenvalue weighted by Gasteiger charge is 2.19. The predicted octanol–water partition coefficient (Wildman–Crippen LogP) is 2.93. The summed E-state index contributed by atoms with van der Waals surface area (Å²) in [6.45, 7) is 8.25. The minimum Gasteiger partial charge on any atom is -0.465 e. The fourth-order valence-corrected chi connectivity index (χ4v) is 2.55. The van der Waals surface area contributed by atoms with Gasteiger partial charge in [-0.15, -0.1) is 0 Å². The van der Waals surface area contributed by atoms with Gasteiger partial charge < -0.3 is 9.73 Å².